The highest BCUT2D eigenvalue weighted by Gasteiger charge is 2.72. The van der Waals surface area contributed by atoms with Crippen LogP contribution in [0.15, 0.2) is 24.3 Å². The van der Waals surface area contributed by atoms with Crippen molar-refractivity contribution in [3.05, 3.63) is 24.3 Å². The van der Waals surface area contributed by atoms with Crippen molar-refractivity contribution in [1.82, 2.24) is 0 Å². The third-order valence-electron chi connectivity index (χ3n) is 10.2. The zero-order valence-corrected chi connectivity index (χ0v) is 22.4. The first-order valence-corrected chi connectivity index (χ1v) is 13.2. The molecule has 0 aromatic heterocycles. The molecule has 0 spiro atoms. The maximum Gasteiger partial charge on any atom is 0.0289 e. The predicted molar refractivity (Wildman–Crippen MR) is 137 cm³/mol. The number of allylic oxidation sites excluding steroid dienone is 1. The Morgan fingerprint density at radius 3 is 1.87 bits per heavy atom. The Bertz CT molecular complexity index is 620. The molecule has 4 aliphatic carbocycles. The maximum absolute atomic E-state index is 7.47. The van der Waals surface area contributed by atoms with E-state index in [2.05, 4.69) is 40.9 Å². The molecular formula is C29H55N. The van der Waals surface area contributed by atoms with Gasteiger partial charge in [-0.2, -0.15) is 0 Å². The van der Waals surface area contributed by atoms with Crippen LogP contribution in [0.1, 0.15) is 127 Å². The molecule has 0 aliphatic heterocycles. The lowest BCUT2D eigenvalue weighted by Gasteiger charge is -2.71. The van der Waals surface area contributed by atoms with Gasteiger partial charge in [0.1, 0.15) is 0 Å². The largest absolute Gasteiger partial charge is 0.324 e. The van der Waals surface area contributed by atoms with Gasteiger partial charge in [-0.15, -0.1) is 0 Å². The summed E-state index contributed by atoms with van der Waals surface area (Å²) >= 11 is 0. The van der Waals surface area contributed by atoms with Crippen LogP contribution in [0.25, 0.3) is 0 Å². The summed E-state index contributed by atoms with van der Waals surface area (Å²) in [5.74, 6) is 0.480. The number of nitrogens with two attached hydrogens (primary N) is 1. The highest BCUT2D eigenvalue weighted by atomic mass is 14.9. The van der Waals surface area contributed by atoms with Crippen molar-refractivity contribution in [1.29, 1.82) is 0 Å². The second-order valence-electron chi connectivity index (χ2n) is 10.8. The van der Waals surface area contributed by atoms with Gasteiger partial charge in [0, 0.05) is 11.5 Å². The molecule has 1 heteroatoms. The summed E-state index contributed by atoms with van der Waals surface area (Å²) < 4.78 is 0. The van der Waals surface area contributed by atoms with E-state index in [0.717, 1.165) is 12.8 Å². The summed E-state index contributed by atoms with van der Waals surface area (Å²) in [4.78, 5) is 0. The molecule has 4 saturated carbocycles. The van der Waals surface area contributed by atoms with Crippen LogP contribution >= 0.6 is 0 Å². The molecule has 0 heterocycles. The molecule has 6 unspecified atom stereocenters. The lowest BCUT2D eigenvalue weighted by Crippen LogP contribution is -2.73. The van der Waals surface area contributed by atoms with Crippen LogP contribution in [0.2, 0.25) is 0 Å². The topological polar surface area (TPSA) is 26.0 Å². The summed E-state index contributed by atoms with van der Waals surface area (Å²) in [7, 11) is 0. The van der Waals surface area contributed by atoms with E-state index in [1.165, 1.54) is 56.1 Å². The highest BCUT2D eigenvalue weighted by molar-refractivity contribution is 5.39. The fourth-order valence-electron chi connectivity index (χ4n) is 8.07. The van der Waals surface area contributed by atoms with E-state index < -0.39 is 0 Å². The molecule has 0 aromatic rings. The molecule has 1 nitrogen and oxygen atoms in total. The minimum Gasteiger partial charge on any atom is -0.324 e. The quantitative estimate of drug-likeness (QED) is 0.391. The highest BCUT2D eigenvalue weighted by Crippen LogP contribution is 2.76. The van der Waals surface area contributed by atoms with E-state index in [0.29, 0.717) is 16.7 Å². The molecule has 4 aliphatic rings. The second-order valence-corrected chi connectivity index (χ2v) is 10.8. The average molecular weight is 418 g/mol. The summed E-state index contributed by atoms with van der Waals surface area (Å²) in [6.45, 7) is 31.2. The first-order valence-electron chi connectivity index (χ1n) is 13.2. The summed E-state index contributed by atoms with van der Waals surface area (Å²) in [5.41, 5.74) is 11.3. The lowest BCUT2D eigenvalue weighted by molar-refractivity contribution is -0.162. The van der Waals surface area contributed by atoms with Crippen LogP contribution < -0.4 is 5.73 Å². The molecule has 0 bridgehead atoms. The van der Waals surface area contributed by atoms with Crippen LogP contribution in [0.4, 0.5) is 0 Å². The first kappa shape index (κ1) is 27.5. The molecule has 4 rings (SSSR count). The smallest absolute Gasteiger partial charge is 0.0289 e. The lowest BCUT2D eigenvalue weighted by atomic mass is 9.34. The zero-order valence-electron chi connectivity index (χ0n) is 22.4. The number of hydrogen-bond donors (Lipinski definition) is 1. The van der Waals surface area contributed by atoms with Gasteiger partial charge in [0.05, 0.1) is 0 Å². The van der Waals surface area contributed by atoms with Crippen molar-refractivity contribution in [3.8, 4) is 0 Å². The zero-order chi connectivity index (χ0) is 23.6. The van der Waals surface area contributed by atoms with Gasteiger partial charge in [-0.05, 0) is 66.6 Å². The normalized spacial score (nSPS) is 46.4. The fourth-order valence-corrected chi connectivity index (χ4v) is 8.07. The van der Waals surface area contributed by atoms with Crippen LogP contribution in [-0.4, -0.2) is 5.54 Å². The minimum atomic E-state index is -0.109. The molecule has 0 saturated heterocycles. The molecule has 0 amide bonds. The number of fused-ring (bicyclic) bond motifs is 5. The Kier molecular flexibility index (Phi) is 8.71. The Morgan fingerprint density at radius 2 is 1.30 bits per heavy atom. The molecule has 0 radical (unpaired) electrons. The van der Waals surface area contributed by atoms with Crippen LogP contribution in [0.3, 0.4) is 0 Å². The Labute approximate surface area is 190 Å². The van der Waals surface area contributed by atoms with Gasteiger partial charge < -0.3 is 5.73 Å². The van der Waals surface area contributed by atoms with Gasteiger partial charge in [0.25, 0.3) is 0 Å². The third-order valence-corrected chi connectivity index (χ3v) is 10.2. The second kappa shape index (κ2) is 9.51. The van der Waals surface area contributed by atoms with E-state index in [4.69, 9.17) is 5.73 Å². The van der Waals surface area contributed by atoms with Crippen molar-refractivity contribution < 1.29 is 0 Å². The van der Waals surface area contributed by atoms with Crippen molar-refractivity contribution in [2.75, 3.05) is 0 Å². The van der Waals surface area contributed by atoms with E-state index in [1.807, 2.05) is 41.5 Å². The molecule has 2 N–H and O–H groups in total. The predicted octanol–water partition coefficient (Wildman–Crippen LogP) is 9.08. The summed E-state index contributed by atoms with van der Waals surface area (Å²) in [5, 5.41) is 0. The summed E-state index contributed by atoms with van der Waals surface area (Å²) in [6, 6.07) is 0. The van der Waals surface area contributed by atoms with Gasteiger partial charge in [-0.1, -0.05) is 106 Å². The Morgan fingerprint density at radius 1 is 0.767 bits per heavy atom. The van der Waals surface area contributed by atoms with Gasteiger partial charge in [0.15, 0.2) is 0 Å². The molecule has 6 atom stereocenters. The van der Waals surface area contributed by atoms with Crippen molar-refractivity contribution in [3.63, 3.8) is 0 Å². The minimum absolute atomic E-state index is 0.109. The Balaban J connectivity index is 0.000000691. The fraction of sp³-hybridized carbons (Fsp3) is 0.862. The number of rotatable bonds is 0. The van der Waals surface area contributed by atoms with Crippen molar-refractivity contribution in [2.45, 2.75) is 133 Å². The Hall–Kier alpha value is -0.560. The molecule has 30 heavy (non-hydrogen) atoms. The van der Waals surface area contributed by atoms with Crippen molar-refractivity contribution >= 4 is 0 Å². The third kappa shape index (κ3) is 3.37. The van der Waals surface area contributed by atoms with Gasteiger partial charge in [0.2, 0.25) is 0 Å². The van der Waals surface area contributed by atoms with Crippen molar-refractivity contribution in [2.24, 2.45) is 33.3 Å². The monoisotopic (exact) mass is 417 g/mol. The molecular weight excluding hydrogens is 362 g/mol. The van der Waals surface area contributed by atoms with Gasteiger partial charge in [-0.3, -0.25) is 0 Å². The van der Waals surface area contributed by atoms with E-state index in [-0.39, 0.29) is 16.4 Å². The van der Waals surface area contributed by atoms with E-state index in [1.54, 1.807) is 0 Å². The SMILES string of the molecule is C=C1CC2(C)C(=C)CCC2(C)C2(N)CCC3(C)CCCCC3(C)C12.CC.CC.CC. The molecule has 0 aromatic carbocycles. The standard InChI is InChI=1S/C23H37N.3C2H6/c1-16-15-21(5)17(2)9-12-22(21,6)23(24)14-13-19(3)10-7-8-11-20(19,4)18(16)23;3*1-2/h18H,1-2,7-15,24H2,3-6H3;3*1-2H3. The van der Waals surface area contributed by atoms with E-state index in [9.17, 15) is 0 Å². The van der Waals surface area contributed by atoms with Crippen LogP contribution in [0, 0.1) is 27.6 Å². The number of hydrogen-bond acceptors (Lipinski definition) is 1. The van der Waals surface area contributed by atoms with Crippen LogP contribution in [-0.2, 0) is 0 Å². The van der Waals surface area contributed by atoms with Gasteiger partial charge >= 0.3 is 0 Å². The molecule has 4 fully saturated rings. The van der Waals surface area contributed by atoms with E-state index >= 15 is 0 Å². The molecule has 176 valence electrons. The van der Waals surface area contributed by atoms with Crippen LogP contribution in [0.5, 0.6) is 0 Å². The summed E-state index contributed by atoms with van der Waals surface area (Å²) in [6.07, 6.45) is 11.4. The maximum atomic E-state index is 7.47. The first-order chi connectivity index (χ1) is 14.0. The van der Waals surface area contributed by atoms with Gasteiger partial charge in [-0.25, -0.2) is 0 Å². The average Bonchev–Trinajstić information content (AvgIpc) is 2.98.